The predicted octanol–water partition coefficient (Wildman–Crippen LogP) is 2.03. The van der Waals surface area contributed by atoms with Crippen molar-refractivity contribution in [2.24, 2.45) is 5.73 Å². The highest BCUT2D eigenvalue weighted by Gasteiger charge is 2.10. The molecule has 3 N–H and O–H groups in total. The van der Waals surface area contributed by atoms with Gasteiger partial charge in [-0.2, -0.15) is 0 Å². The van der Waals surface area contributed by atoms with Crippen LogP contribution in [0.4, 0.5) is 14.9 Å². The van der Waals surface area contributed by atoms with Crippen molar-refractivity contribution in [3.05, 3.63) is 29.6 Å². The number of halogens is 1. The highest BCUT2D eigenvalue weighted by atomic mass is 32.1. The summed E-state index contributed by atoms with van der Waals surface area (Å²) in [6.45, 7) is 1.92. The summed E-state index contributed by atoms with van der Waals surface area (Å²) in [5.41, 5.74) is 6.00. The third-order valence-electron chi connectivity index (χ3n) is 1.76. The number of rotatable bonds is 3. The van der Waals surface area contributed by atoms with Gasteiger partial charge in [0, 0.05) is 5.56 Å². The van der Waals surface area contributed by atoms with Gasteiger partial charge in [-0.3, -0.25) is 5.32 Å². The number of anilines is 1. The average Bonchev–Trinajstić information content (AvgIpc) is 2.20. The van der Waals surface area contributed by atoms with Gasteiger partial charge >= 0.3 is 6.09 Å². The number of hydrogen-bond acceptors (Lipinski definition) is 3. The maximum absolute atomic E-state index is 12.9. The van der Waals surface area contributed by atoms with E-state index in [0.717, 1.165) is 6.07 Å². The molecule has 0 fully saturated rings. The van der Waals surface area contributed by atoms with Crippen LogP contribution in [0, 0.1) is 5.82 Å². The fourth-order valence-electron chi connectivity index (χ4n) is 1.11. The van der Waals surface area contributed by atoms with Crippen LogP contribution in [0.2, 0.25) is 0 Å². The van der Waals surface area contributed by atoms with Crippen molar-refractivity contribution < 1.29 is 13.9 Å². The normalized spacial score (nSPS) is 9.62. The van der Waals surface area contributed by atoms with Gasteiger partial charge in [-0.15, -0.1) is 0 Å². The lowest BCUT2D eigenvalue weighted by Gasteiger charge is -2.09. The topological polar surface area (TPSA) is 64.3 Å². The Morgan fingerprint density at radius 3 is 2.88 bits per heavy atom. The quantitative estimate of drug-likeness (QED) is 0.796. The van der Waals surface area contributed by atoms with E-state index in [-0.39, 0.29) is 17.2 Å². The largest absolute Gasteiger partial charge is 0.450 e. The number of hydrogen-bond donors (Lipinski definition) is 2. The number of nitrogens with one attached hydrogen (secondary N) is 1. The number of thiocarbonyl (C=S) groups is 1. The van der Waals surface area contributed by atoms with E-state index in [2.05, 4.69) is 10.1 Å². The lowest BCUT2D eigenvalue weighted by molar-refractivity contribution is 0.168. The van der Waals surface area contributed by atoms with Crippen LogP contribution in [0.15, 0.2) is 18.2 Å². The van der Waals surface area contributed by atoms with Crippen LogP contribution < -0.4 is 11.1 Å². The first-order chi connectivity index (χ1) is 7.54. The molecule has 0 aromatic heterocycles. The number of nitrogens with two attached hydrogens (primary N) is 1. The average molecular weight is 242 g/mol. The first kappa shape index (κ1) is 12.4. The molecule has 0 aliphatic carbocycles. The fourth-order valence-corrected chi connectivity index (χ4v) is 1.28. The second-order valence-electron chi connectivity index (χ2n) is 2.90. The Morgan fingerprint density at radius 2 is 2.31 bits per heavy atom. The molecule has 86 valence electrons. The van der Waals surface area contributed by atoms with Crippen molar-refractivity contribution in [2.45, 2.75) is 6.92 Å². The smallest absolute Gasteiger partial charge is 0.411 e. The van der Waals surface area contributed by atoms with E-state index in [1.165, 1.54) is 12.1 Å². The van der Waals surface area contributed by atoms with Gasteiger partial charge in [0.1, 0.15) is 10.8 Å². The molecule has 0 heterocycles. The Bertz CT molecular complexity index is 423. The lowest BCUT2D eigenvalue weighted by Crippen LogP contribution is -2.18. The summed E-state index contributed by atoms with van der Waals surface area (Å²) in [6.07, 6.45) is -0.633. The molecule has 6 heteroatoms. The van der Waals surface area contributed by atoms with Crippen molar-refractivity contribution in [3.63, 3.8) is 0 Å². The van der Waals surface area contributed by atoms with Gasteiger partial charge in [-0.05, 0) is 25.1 Å². The van der Waals surface area contributed by atoms with Crippen molar-refractivity contribution >= 4 is 29.0 Å². The summed E-state index contributed by atoms with van der Waals surface area (Å²) in [5.74, 6) is -0.475. The molecule has 16 heavy (non-hydrogen) atoms. The Kier molecular flexibility index (Phi) is 4.19. The Labute approximate surface area is 97.6 Å². The number of carbonyl (C=O) groups is 1. The van der Waals surface area contributed by atoms with Crippen LogP contribution in [0.25, 0.3) is 0 Å². The molecule has 0 unspecified atom stereocenters. The molecule has 0 bridgehead atoms. The molecular formula is C10H11FN2O2S. The van der Waals surface area contributed by atoms with Crippen LogP contribution in [0.1, 0.15) is 12.5 Å². The summed E-state index contributed by atoms with van der Waals surface area (Å²) in [6, 6.07) is 3.73. The maximum atomic E-state index is 12.9. The van der Waals surface area contributed by atoms with E-state index in [1.807, 2.05) is 0 Å². The van der Waals surface area contributed by atoms with Crippen LogP contribution in [0.5, 0.6) is 0 Å². The van der Waals surface area contributed by atoms with Gasteiger partial charge in [0.2, 0.25) is 0 Å². The molecule has 0 radical (unpaired) electrons. The zero-order valence-corrected chi connectivity index (χ0v) is 9.44. The van der Waals surface area contributed by atoms with Crippen LogP contribution in [-0.4, -0.2) is 17.7 Å². The minimum atomic E-state index is -0.633. The summed E-state index contributed by atoms with van der Waals surface area (Å²) in [4.78, 5) is 11.2. The number of amides is 1. The highest BCUT2D eigenvalue weighted by Crippen LogP contribution is 2.17. The van der Waals surface area contributed by atoms with E-state index in [1.54, 1.807) is 6.92 Å². The first-order valence-electron chi connectivity index (χ1n) is 4.57. The molecule has 0 atom stereocenters. The molecule has 0 saturated heterocycles. The lowest BCUT2D eigenvalue weighted by atomic mass is 10.1. The van der Waals surface area contributed by atoms with Crippen molar-refractivity contribution in [1.29, 1.82) is 0 Å². The molecule has 1 rings (SSSR count). The van der Waals surface area contributed by atoms with Gasteiger partial charge in [0.15, 0.2) is 0 Å². The summed E-state index contributed by atoms with van der Waals surface area (Å²) in [7, 11) is 0. The van der Waals surface area contributed by atoms with E-state index in [9.17, 15) is 9.18 Å². The zero-order chi connectivity index (χ0) is 12.1. The standard InChI is InChI=1S/C10H11FN2O2S/c1-2-15-10(14)13-8-4-3-6(11)5-7(8)9(12)16/h3-5H,2H2,1H3,(H2,12,16)(H,13,14). The van der Waals surface area contributed by atoms with E-state index >= 15 is 0 Å². The van der Waals surface area contributed by atoms with E-state index in [0.29, 0.717) is 5.69 Å². The van der Waals surface area contributed by atoms with Crippen LogP contribution >= 0.6 is 12.2 Å². The summed E-state index contributed by atoms with van der Waals surface area (Å²) >= 11 is 4.75. The van der Waals surface area contributed by atoms with Gasteiger partial charge in [-0.1, -0.05) is 12.2 Å². The SMILES string of the molecule is CCOC(=O)Nc1ccc(F)cc1C(N)=S. The van der Waals surface area contributed by atoms with E-state index < -0.39 is 11.9 Å². The first-order valence-corrected chi connectivity index (χ1v) is 4.98. The second kappa shape index (κ2) is 5.41. The molecule has 1 aromatic carbocycles. The van der Waals surface area contributed by atoms with Crippen LogP contribution in [-0.2, 0) is 4.74 Å². The Balaban J connectivity index is 2.95. The molecule has 4 nitrogen and oxygen atoms in total. The monoisotopic (exact) mass is 242 g/mol. The van der Waals surface area contributed by atoms with Gasteiger partial charge in [0.05, 0.1) is 12.3 Å². The van der Waals surface area contributed by atoms with Gasteiger partial charge < -0.3 is 10.5 Å². The number of carbonyl (C=O) groups excluding carboxylic acids is 1. The molecule has 0 aliphatic heterocycles. The van der Waals surface area contributed by atoms with E-state index in [4.69, 9.17) is 18.0 Å². The van der Waals surface area contributed by atoms with Crippen molar-refractivity contribution in [1.82, 2.24) is 0 Å². The number of ether oxygens (including phenoxy) is 1. The maximum Gasteiger partial charge on any atom is 0.411 e. The van der Waals surface area contributed by atoms with Gasteiger partial charge in [0.25, 0.3) is 0 Å². The fraction of sp³-hybridized carbons (Fsp3) is 0.200. The third-order valence-corrected chi connectivity index (χ3v) is 1.98. The predicted molar refractivity (Wildman–Crippen MR) is 62.9 cm³/mol. The second-order valence-corrected chi connectivity index (χ2v) is 3.34. The Hall–Kier alpha value is -1.69. The minimum absolute atomic E-state index is 0.00583. The molecule has 0 saturated carbocycles. The molecule has 0 spiro atoms. The zero-order valence-electron chi connectivity index (χ0n) is 8.62. The molecule has 1 amide bonds. The highest BCUT2D eigenvalue weighted by molar-refractivity contribution is 7.80. The molecule has 1 aromatic rings. The molecule has 0 aliphatic rings. The summed E-state index contributed by atoms with van der Waals surface area (Å²) < 4.78 is 17.6. The Morgan fingerprint density at radius 1 is 1.62 bits per heavy atom. The minimum Gasteiger partial charge on any atom is -0.450 e. The van der Waals surface area contributed by atoms with Crippen molar-refractivity contribution in [2.75, 3.05) is 11.9 Å². The van der Waals surface area contributed by atoms with Crippen molar-refractivity contribution in [3.8, 4) is 0 Å². The number of benzene rings is 1. The van der Waals surface area contributed by atoms with Crippen LogP contribution in [0.3, 0.4) is 0 Å². The molecular weight excluding hydrogens is 231 g/mol. The van der Waals surface area contributed by atoms with Gasteiger partial charge in [-0.25, -0.2) is 9.18 Å². The summed E-state index contributed by atoms with van der Waals surface area (Å²) in [5, 5.41) is 2.42. The third kappa shape index (κ3) is 3.16.